The van der Waals surface area contributed by atoms with Gasteiger partial charge in [0.25, 0.3) is 0 Å². The van der Waals surface area contributed by atoms with Gasteiger partial charge in [-0.25, -0.2) is 4.98 Å². The van der Waals surface area contributed by atoms with E-state index in [2.05, 4.69) is 4.98 Å². The van der Waals surface area contributed by atoms with Gasteiger partial charge in [0.1, 0.15) is 0 Å². The first-order valence-corrected chi connectivity index (χ1v) is 6.78. The molecule has 2 aromatic rings. The summed E-state index contributed by atoms with van der Waals surface area (Å²) in [4.78, 5) is 16.4. The van der Waals surface area contributed by atoms with Crippen LogP contribution in [0.1, 0.15) is 20.9 Å². The number of methoxy groups -OCH3 is 1. The second-order valence-electron chi connectivity index (χ2n) is 3.96. The quantitative estimate of drug-likeness (QED) is 0.762. The number of benzene rings is 1. The summed E-state index contributed by atoms with van der Waals surface area (Å²) in [6.45, 7) is 2.47. The number of aryl methyl sites for hydroxylation is 1. The fraction of sp³-hybridized carbons (Fsp3) is 0.286. The number of hydrogen-bond donors (Lipinski definition) is 0. The number of ether oxygens (including phenoxy) is 2. The zero-order valence-corrected chi connectivity index (χ0v) is 11.7. The molecule has 0 radical (unpaired) electrons. The van der Waals surface area contributed by atoms with Gasteiger partial charge < -0.3 is 9.47 Å². The highest BCUT2D eigenvalue weighted by molar-refractivity contribution is 7.09. The smallest absolute Gasteiger partial charge is 0.171 e. The topological polar surface area (TPSA) is 48.4 Å². The summed E-state index contributed by atoms with van der Waals surface area (Å²) in [5.41, 5.74) is 3.36. The summed E-state index contributed by atoms with van der Waals surface area (Å²) < 4.78 is 10.9. The lowest BCUT2D eigenvalue weighted by Crippen LogP contribution is -2.04. The molecule has 1 aromatic carbocycles. The van der Waals surface area contributed by atoms with Crippen molar-refractivity contribution in [2.45, 2.75) is 13.3 Å². The van der Waals surface area contributed by atoms with E-state index in [1.165, 1.54) is 4.88 Å². The molecular weight excluding hydrogens is 262 g/mol. The van der Waals surface area contributed by atoms with Gasteiger partial charge >= 0.3 is 0 Å². The molecule has 1 aromatic heterocycles. The first-order valence-electron chi connectivity index (χ1n) is 5.90. The van der Waals surface area contributed by atoms with E-state index in [1.54, 1.807) is 36.6 Å². The molecule has 0 bridgehead atoms. The van der Waals surface area contributed by atoms with Crippen LogP contribution in [0.4, 0.5) is 0 Å². The molecule has 100 valence electrons. The molecule has 0 spiro atoms. The number of nitrogens with zero attached hydrogens (tertiary/aromatic N) is 1. The third-order valence-electron chi connectivity index (χ3n) is 2.78. The fourth-order valence-corrected chi connectivity index (χ4v) is 2.52. The monoisotopic (exact) mass is 277 g/mol. The van der Waals surface area contributed by atoms with Crippen LogP contribution in [0.3, 0.4) is 0 Å². The number of hydrogen-bond acceptors (Lipinski definition) is 5. The van der Waals surface area contributed by atoms with Crippen LogP contribution >= 0.6 is 11.3 Å². The van der Waals surface area contributed by atoms with Gasteiger partial charge in [-0.15, -0.1) is 11.3 Å². The summed E-state index contributed by atoms with van der Waals surface area (Å²) in [6.07, 6.45) is 1.54. The number of rotatable bonds is 6. The lowest BCUT2D eigenvalue weighted by molar-refractivity contribution is 0.111. The van der Waals surface area contributed by atoms with Gasteiger partial charge in [-0.3, -0.25) is 4.79 Å². The average molecular weight is 277 g/mol. The Labute approximate surface area is 116 Å². The maximum absolute atomic E-state index is 11.0. The highest BCUT2D eigenvalue weighted by Gasteiger charge is 2.10. The van der Waals surface area contributed by atoms with Gasteiger partial charge in [0.05, 0.1) is 30.5 Å². The van der Waals surface area contributed by atoms with Crippen molar-refractivity contribution < 1.29 is 14.3 Å². The summed E-state index contributed by atoms with van der Waals surface area (Å²) in [6, 6.07) is 5.26. The van der Waals surface area contributed by atoms with Gasteiger partial charge in [-0.2, -0.15) is 0 Å². The summed E-state index contributed by atoms with van der Waals surface area (Å²) in [7, 11) is 1.56. The molecule has 0 N–H and O–H groups in total. The number of aromatic nitrogens is 1. The second kappa shape index (κ2) is 6.33. The molecule has 1 heterocycles. The normalized spacial score (nSPS) is 10.2. The molecule has 19 heavy (non-hydrogen) atoms. The van der Waals surface area contributed by atoms with Crippen LogP contribution in [0, 0.1) is 6.92 Å². The molecule has 0 unspecified atom stereocenters. The first-order chi connectivity index (χ1) is 9.26. The van der Waals surface area contributed by atoms with Gasteiger partial charge in [0, 0.05) is 11.3 Å². The molecule has 0 aliphatic heterocycles. The standard InChI is InChI=1S/C14H15NO3S/c1-10-13(19-9-15-10)6-7-18-14-11(8-16)4-3-5-12(14)17-2/h3-5,8-9H,6-7H2,1-2H3. The maximum Gasteiger partial charge on any atom is 0.171 e. The lowest BCUT2D eigenvalue weighted by atomic mass is 10.2. The molecule has 0 aliphatic rings. The van der Waals surface area contributed by atoms with Crippen molar-refractivity contribution in [1.82, 2.24) is 4.98 Å². The van der Waals surface area contributed by atoms with Crippen LogP contribution < -0.4 is 9.47 Å². The second-order valence-corrected chi connectivity index (χ2v) is 4.90. The van der Waals surface area contributed by atoms with Crippen LogP contribution in [-0.2, 0) is 6.42 Å². The summed E-state index contributed by atoms with van der Waals surface area (Å²) >= 11 is 1.61. The Morgan fingerprint density at radius 1 is 1.42 bits per heavy atom. The zero-order chi connectivity index (χ0) is 13.7. The number of aldehydes is 1. The molecule has 0 amide bonds. The Morgan fingerprint density at radius 3 is 2.89 bits per heavy atom. The third kappa shape index (κ3) is 3.12. The van der Waals surface area contributed by atoms with Crippen molar-refractivity contribution in [2.24, 2.45) is 0 Å². The summed E-state index contributed by atoms with van der Waals surface area (Å²) in [5.74, 6) is 1.08. The number of para-hydroxylation sites is 1. The highest BCUT2D eigenvalue weighted by Crippen LogP contribution is 2.30. The van der Waals surface area contributed by atoms with Crippen LogP contribution in [0.2, 0.25) is 0 Å². The molecule has 2 rings (SSSR count). The van der Waals surface area contributed by atoms with E-state index in [-0.39, 0.29) is 0 Å². The minimum absolute atomic E-state index is 0.490. The maximum atomic E-state index is 11.0. The molecule has 0 aliphatic carbocycles. The van der Waals surface area contributed by atoms with Crippen LogP contribution in [0.5, 0.6) is 11.5 Å². The first kappa shape index (κ1) is 13.5. The Morgan fingerprint density at radius 2 is 2.26 bits per heavy atom. The fourth-order valence-electron chi connectivity index (χ4n) is 1.75. The van der Waals surface area contributed by atoms with Crippen LogP contribution in [0.25, 0.3) is 0 Å². The molecule has 4 nitrogen and oxygen atoms in total. The van der Waals surface area contributed by atoms with Crippen molar-refractivity contribution in [1.29, 1.82) is 0 Å². The predicted octanol–water partition coefficient (Wildman–Crippen LogP) is 2.89. The van der Waals surface area contributed by atoms with Gasteiger partial charge in [0.15, 0.2) is 17.8 Å². The van der Waals surface area contributed by atoms with E-state index in [9.17, 15) is 4.79 Å². The molecular formula is C14H15NO3S. The lowest BCUT2D eigenvalue weighted by Gasteiger charge is -2.12. The van der Waals surface area contributed by atoms with E-state index in [0.717, 1.165) is 18.4 Å². The van der Waals surface area contributed by atoms with E-state index in [4.69, 9.17) is 9.47 Å². The van der Waals surface area contributed by atoms with Crippen molar-refractivity contribution in [3.63, 3.8) is 0 Å². The van der Waals surface area contributed by atoms with E-state index in [1.807, 2.05) is 12.4 Å². The highest BCUT2D eigenvalue weighted by atomic mass is 32.1. The predicted molar refractivity (Wildman–Crippen MR) is 74.4 cm³/mol. The van der Waals surface area contributed by atoms with Crippen LogP contribution in [0.15, 0.2) is 23.7 Å². The van der Waals surface area contributed by atoms with Crippen molar-refractivity contribution >= 4 is 17.6 Å². The van der Waals surface area contributed by atoms with Gasteiger partial charge in [-0.1, -0.05) is 6.07 Å². The molecule has 0 saturated carbocycles. The Balaban J connectivity index is 2.06. The Hall–Kier alpha value is -1.88. The Bertz CT molecular complexity index is 566. The zero-order valence-electron chi connectivity index (χ0n) is 10.9. The molecule has 0 saturated heterocycles. The van der Waals surface area contributed by atoms with Gasteiger partial charge in [0.2, 0.25) is 0 Å². The van der Waals surface area contributed by atoms with E-state index in [0.29, 0.717) is 23.7 Å². The van der Waals surface area contributed by atoms with E-state index >= 15 is 0 Å². The molecule has 0 fully saturated rings. The minimum atomic E-state index is 0.490. The van der Waals surface area contributed by atoms with Crippen molar-refractivity contribution in [3.05, 3.63) is 39.8 Å². The third-order valence-corrected chi connectivity index (χ3v) is 3.77. The molecule has 0 atom stereocenters. The average Bonchev–Trinajstić information content (AvgIpc) is 2.84. The SMILES string of the molecule is COc1cccc(C=O)c1OCCc1scnc1C. The largest absolute Gasteiger partial charge is 0.493 e. The van der Waals surface area contributed by atoms with Gasteiger partial charge in [-0.05, 0) is 19.1 Å². The minimum Gasteiger partial charge on any atom is -0.493 e. The molecule has 5 heteroatoms. The van der Waals surface area contributed by atoms with Crippen molar-refractivity contribution in [3.8, 4) is 11.5 Å². The Kier molecular flexibility index (Phi) is 4.52. The number of carbonyl (C=O) groups is 1. The number of thiazole rings is 1. The van der Waals surface area contributed by atoms with Crippen LogP contribution in [-0.4, -0.2) is 25.0 Å². The van der Waals surface area contributed by atoms with Crippen molar-refractivity contribution in [2.75, 3.05) is 13.7 Å². The summed E-state index contributed by atoms with van der Waals surface area (Å²) in [5, 5.41) is 0. The van der Waals surface area contributed by atoms with E-state index < -0.39 is 0 Å². The number of carbonyl (C=O) groups excluding carboxylic acids is 1.